The van der Waals surface area contributed by atoms with Gasteiger partial charge >= 0.3 is 6.03 Å². The minimum atomic E-state index is -0.684. The molecule has 3 amide bonds. The van der Waals surface area contributed by atoms with Crippen LogP contribution < -0.4 is 16.0 Å². The molecule has 3 N–H and O–H groups in total. The summed E-state index contributed by atoms with van der Waals surface area (Å²) in [4.78, 5) is 26.8. The number of benzene rings is 1. The van der Waals surface area contributed by atoms with Gasteiger partial charge in [0.1, 0.15) is 5.54 Å². The van der Waals surface area contributed by atoms with Gasteiger partial charge in [0, 0.05) is 18.3 Å². The van der Waals surface area contributed by atoms with Crippen molar-refractivity contribution < 1.29 is 9.59 Å². The van der Waals surface area contributed by atoms with Crippen molar-refractivity contribution in [3.63, 3.8) is 0 Å². The highest BCUT2D eigenvalue weighted by Crippen LogP contribution is 2.29. The van der Waals surface area contributed by atoms with Crippen molar-refractivity contribution >= 4 is 17.6 Å². The van der Waals surface area contributed by atoms with E-state index in [4.69, 9.17) is 0 Å². The average Bonchev–Trinajstić information content (AvgIpc) is 3.17. The van der Waals surface area contributed by atoms with Crippen LogP contribution in [0.4, 0.5) is 10.5 Å². The van der Waals surface area contributed by atoms with Crippen molar-refractivity contribution in [1.82, 2.24) is 15.5 Å². The molecule has 3 rings (SSSR count). The molecule has 2 aliphatic rings. The largest absolute Gasteiger partial charge is 0.337 e. The first-order valence-electron chi connectivity index (χ1n) is 10.2. The number of carbonyl (C=O) groups is 2. The van der Waals surface area contributed by atoms with E-state index in [1.165, 1.54) is 0 Å². The molecule has 0 radical (unpaired) electrons. The minimum Gasteiger partial charge on any atom is -0.337 e. The first-order valence-corrected chi connectivity index (χ1v) is 10.2. The first-order chi connectivity index (χ1) is 13.6. The van der Waals surface area contributed by atoms with Crippen LogP contribution in [-0.2, 0) is 4.79 Å². The van der Waals surface area contributed by atoms with Gasteiger partial charge in [0.25, 0.3) is 0 Å². The Morgan fingerprint density at radius 3 is 2.61 bits per heavy atom. The van der Waals surface area contributed by atoms with Gasteiger partial charge in [-0.05, 0) is 57.2 Å². The molecule has 7 heteroatoms. The summed E-state index contributed by atoms with van der Waals surface area (Å²) in [6, 6.07) is 11.5. The van der Waals surface area contributed by atoms with Crippen molar-refractivity contribution in [2.45, 2.75) is 56.5 Å². The number of likely N-dealkylation sites (tertiary alicyclic amines) is 1. The smallest absolute Gasteiger partial charge is 0.319 e. The topological polar surface area (TPSA) is 97.3 Å². The molecule has 1 aromatic carbocycles. The number of para-hydroxylation sites is 1. The maximum Gasteiger partial charge on any atom is 0.319 e. The van der Waals surface area contributed by atoms with Crippen molar-refractivity contribution in [3.05, 3.63) is 30.3 Å². The van der Waals surface area contributed by atoms with Crippen LogP contribution in [-0.4, -0.2) is 48.1 Å². The van der Waals surface area contributed by atoms with Gasteiger partial charge in [0.05, 0.1) is 12.6 Å². The second-order valence-electron chi connectivity index (χ2n) is 7.77. The van der Waals surface area contributed by atoms with E-state index in [1.54, 1.807) is 0 Å². The fraction of sp³-hybridized carbons (Fsp3) is 0.571. The zero-order valence-electron chi connectivity index (χ0n) is 16.2. The number of carbonyl (C=O) groups excluding carboxylic acids is 2. The third-order valence-corrected chi connectivity index (χ3v) is 5.68. The van der Waals surface area contributed by atoms with E-state index in [1.807, 2.05) is 30.3 Å². The number of nitrogens with zero attached hydrogens (tertiary/aromatic N) is 2. The highest BCUT2D eigenvalue weighted by Gasteiger charge is 2.36. The third-order valence-electron chi connectivity index (χ3n) is 5.68. The Kier molecular flexibility index (Phi) is 6.88. The molecule has 2 fully saturated rings. The van der Waals surface area contributed by atoms with Crippen LogP contribution in [0.5, 0.6) is 0 Å². The molecule has 7 nitrogen and oxygen atoms in total. The summed E-state index contributed by atoms with van der Waals surface area (Å²) in [7, 11) is 0. The summed E-state index contributed by atoms with van der Waals surface area (Å²) in [5.41, 5.74) is 0.0640. The Morgan fingerprint density at radius 2 is 1.89 bits per heavy atom. The van der Waals surface area contributed by atoms with Crippen LogP contribution in [0, 0.1) is 11.3 Å². The molecule has 0 spiro atoms. The van der Waals surface area contributed by atoms with Gasteiger partial charge in [-0.1, -0.05) is 24.6 Å². The van der Waals surface area contributed by atoms with E-state index in [9.17, 15) is 14.9 Å². The molecule has 1 saturated carbocycles. The number of piperidine rings is 1. The molecule has 1 saturated heterocycles. The lowest BCUT2D eigenvalue weighted by Crippen LogP contribution is -2.53. The first kappa shape index (κ1) is 20.2. The maximum absolute atomic E-state index is 12.6. The predicted molar refractivity (Wildman–Crippen MR) is 108 cm³/mol. The van der Waals surface area contributed by atoms with Crippen LogP contribution in [0.3, 0.4) is 0 Å². The lowest BCUT2D eigenvalue weighted by molar-refractivity contribution is -0.124. The van der Waals surface area contributed by atoms with Gasteiger partial charge in [-0.15, -0.1) is 0 Å². The Bertz CT molecular complexity index is 709. The minimum absolute atomic E-state index is 0.0934. The van der Waals surface area contributed by atoms with Gasteiger partial charge in [-0.25, -0.2) is 4.79 Å². The summed E-state index contributed by atoms with van der Waals surface area (Å²) < 4.78 is 0. The van der Waals surface area contributed by atoms with E-state index in [-0.39, 0.29) is 24.5 Å². The molecule has 28 heavy (non-hydrogen) atoms. The van der Waals surface area contributed by atoms with Gasteiger partial charge in [-0.2, -0.15) is 5.26 Å². The number of nitrogens with one attached hydrogen (secondary N) is 3. The molecular formula is C21H29N5O2. The van der Waals surface area contributed by atoms with Crippen LogP contribution in [0.25, 0.3) is 0 Å². The maximum atomic E-state index is 12.6. The van der Waals surface area contributed by atoms with E-state index in [2.05, 4.69) is 26.9 Å². The lowest BCUT2D eigenvalue weighted by Gasteiger charge is -2.36. The van der Waals surface area contributed by atoms with Crippen molar-refractivity contribution in [2.24, 2.45) is 0 Å². The molecule has 1 unspecified atom stereocenters. The average molecular weight is 383 g/mol. The normalized spacial score (nSPS) is 21.5. The quantitative estimate of drug-likeness (QED) is 0.703. The molecule has 1 aliphatic carbocycles. The van der Waals surface area contributed by atoms with E-state index in [0.29, 0.717) is 6.54 Å². The number of rotatable bonds is 6. The SMILES string of the molecule is N#CC1(NC(=O)CN2CCCCC2CNC(=O)Nc2ccccc2)CCCC1. The monoisotopic (exact) mass is 383 g/mol. The Morgan fingerprint density at radius 1 is 1.14 bits per heavy atom. The molecule has 0 bridgehead atoms. The van der Waals surface area contributed by atoms with Crippen LogP contribution >= 0.6 is 0 Å². The van der Waals surface area contributed by atoms with E-state index >= 15 is 0 Å². The standard InChI is InChI=1S/C21H29N5O2/c22-16-21(11-5-6-12-21)25-19(27)15-26-13-7-4-10-18(26)14-23-20(28)24-17-8-2-1-3-9-17/h1-3,8-9,18H,4-7,10-15H2,(H,25,27)(H2,23,24,28). The van der Waals surface area contributed by atoms with Gasteiger partial charge in [-0.3, -0.25) is 9.69 Å². The van der Waals surface area contributed by atoms with E-state index < -0.39 is 5.54 Å². The van der Waals surface area contributed by atoms with Crippen LogP contribution in [0.2, 0.25) is 0 Å². The molecule has 1 atom stereocenters. The molecule has 1 heterocycles. The number of nitriles is 1. The van der Waals surface area contributed by atoms with Crippen molar-refractivity contribution in [3.8, 4) is 6.07 Å². The van der Waals surface area contributed by atoms with Gasteiger partial charge < -0.3 is 16.0 Å². The Labute approximate surface area is 166 Å². The third kappa shape index (κ3) is 5.46. The summed E-state index contributed by atoms with van der Waals surface area (Å²) in [6.07, 6.45) is 6.53. The Hall–Kier alpha value is -2.59. The summed E-state index contributed by atoms with van der Waals surface area (Å²) in [5.74, 6) is -0.0934. The number of anilines is 1. The zero-order chi connectivity index (χ0) is 19.8. The number of hydrogen-bond acceptors (Lipinski definition) is 4. The zero-order valence-corrected chi connectivity index (χ0v) is 16.2. The molecule has 1 aromatic rings. The summed E-state index contributed by atoms with van der Waals surface area (Å²) in [5, 5.41) is 18.2. The van der Waals surface area contributed by atoms with Gasteiger partial charge in [0.2, 0.25) is 5.91 Å². The molecule has 0 aromatic heterocycles. The summed E-state index contributed by atoms with van der Waals surface area (Å²) in [6.45, 7) is 1.60. The fourth-order valence-corrected chi connectivity index (χ4v) is 4.14. The molecular weight excluding hydrogens is 354 g/mol. The predicted octanol–water partition coefficient (Wildman–Crippen LogP) is 2.62. The van der Waals surface area contributed by atoms with Crippen LogP contribution in [0.1, 0.15) is 44.9 Å². The summed E-state index contributed by atoms with van der Waals surface area (Å²) >= 11 is 0. The highest BCUT2D eigenvalue weighted by atomic mass is 16.2. The Balaban J connectivity index is 1.48. The van der Waals surface area contributed by atoms with E-state index in [0.717, 1.165) is 57.2 Å². The fourth-order valence-electron chi connectivity index (χ4n) is 4.14. The second-order valence-corrected chi connectivity index (χ2v) is 7.77. The van der Waals surface area contributed by atoms with Crippen molar-refractivity contribution in [2.75, 3.05) is 25.0 Å². The number of hydrogen-bond donors (Lipinski definition) is 3. The number of urea groups is 1. The number of amides is 3. The van der Waals surface area contributed by atoms with Crippen LogP contribution in [0.15, 0.2) is 30.3 Å². The molecule has 1 aliphatic heterocycles. The highest BCUT2D eigenvalue weighted by molar-refractivity contribution is 5.89. The second kappa shape index (κ2) is 9.56. The van der Waals surface area contributed by atoms with Gasteiger partial charge in [0.15, 0.2) is 0 Å². The lowest BCUT2D eigenvalue weighted by atomic mass is 9.99. The van der Waals surface area contributed by atoms with Crippen molar-refractivity contribution in [1.29, 1.82) is 5.26 Å². The molecule has 150 valence electrons.